The highest BCUT2D eigenvalue weighted by Gasteiger charge is 2.25. The van der Waals surface area contributed by atoms with Crippen molar-refractivity contribution in [2.24, 2.45) is 0 Å². The summed E-state index contributed by atoms with van der Waals surface area (Å²) in [6.45, 7) is 3.62. The predicted molar refractivity (Wildman–Crippen MR) is 116 cm³/mol. The van der Waals surface area contributed by atoms with Crippen LogP contribution in [0.3, 0.4) is 0 Å². The Balaban J connectivity index is 1.84. The molecule has 1 aliphatic rings. The smallest absolute Gasteiger partial charge is 0.361 e. The van der Waals surface area contributed by atoms with Gasteiger partial charge in [-0.15, -0.1) is 0 Å². The lowest BCUT2D eigenvalue weighted by atomic mass is 9.97. The van der Waals surface area contributed by atoms with Crippen LogP contribution in [0.5, 0.6) is 0 Å². The number of amides is 1. The minimum Gasteiger partial charge on any atom is -0.465 e. The molecule has 1 heterocycles. The first-order valence-corrected chi connectivity index (χ1v) is 10.8. The van der Waals surface area contributed by atoms with E-state index in [1.54, 1.807) is 0 Å². The van der Waals surface area contributed by atoms with E-state index in [0.717, 1.165) is 34.4 Å². The van der Waals surface area contributed by atoms with Crippen molar-refractivity contribution < 1.29 is 29.3 Å². The number of hydrogen-bond acceptors (Lipinski definition) is 4. The zero-order chi connectivity index (χ0) is 21.3. The van der Waals surface area contributed by atoms with E-state index in [0.29, 0.717) is 19.8 Å². The number of anilines is 1. The summed E-state index contributed by atoms with van der Waals surface area (Å²) >= 11 is 3.54. The maximum Gasteiger partial charge on any atom is 0.361 e. The summed E-state index contributed by atoms with van der Waals surface area (Å²) in [5.74, 6) is -0.331. The van der Waals surface area contributed by atoms with Gasteiger partial charge in [-0.25, -0.2) is 4.79 Å². The zero-order valence-corrected chi connectivity index (χ0v) is 18.6. The maximum absolute atomic E-state index is 12.7. The van der Waals surface area contributed by atoms with E-state index < -0.39 is 0 Å². The Morgan fingerprint density at radius 2 is 1.93 bits per heavy atom. The Morgan fingerprint density at radius 3 is 2.63 bits per heavy atom. The maximum atomic E-state index is 12.7. The Morgan fingerprint density at radius 1 is 1.20 bits per heavy atom. The van der Waals surface area contributed by atoms with Crippen molar-refractivity contribution in [2.75, 3.05) is 51.8 Å². The van der Waals surface area contributed by atoms with E-state index >= 15 is 0 Å². The molecule has 160 valence electrons. The lowest BCUT2D eigenvalue weighted by Gasteiger charge is -2.24. The molecule has 0 spiro atoms. The average Bonchev–Trinajstić information content (AvgIpc) is 2.77. The number of carbonyl (C=O) groups excluding carboxylic acids is 2. The van der Waals surface area contributed by atoms with Crippen LogP contribution >= 0.6 is 15.9 Å². The molecule has 0 saturated carbocycles. The van der Waals surface area contributed by atoms with Gasteiger partial charge >= 0.3 is 5.97 Å². The summed E-state index contributed by atoms with van der Waals surface area (Å²) in [7, 11) is 1.38. The van der Waals surface area contributed by atoms with E-state index in [1.165, 1.54) is 12.0 Å². The third kappa shape index (κ3) is 6.37. The number of halogens is 1. The van der Waals surface area contributed by atoms with Crippen molar-refractivity contribution in [3.05, 3.63) is 64.1 Å². The molecule has 7 nitrogen and oxygen atoms in total. The van der Waals surface area contributed by atoms with Crippen LogP contribution in [0.2, 0.25) is 0 Å². The number of benzene rings is 2. The van der Waals surface area contributed by atoms with Gasteiger partial charge in [-0.1, -0.05) is 46.3 Å². The van der Waals surface area contributed by atoms with Crippen LogP contribution in [0, 0.1) is 0 Å². The van der Waals surface area contributed by atoms with E-state index in [4.69, 9.17) is 9.47 Å². The second kappa shape index (κ2) is 11.2. The first-order valence-electron chi connectivity index (χ1n) is 10.0. The number of esters is 1. The summed E-state index contributed by atoms with van der Waals surface area (Å²) in [6, 6.07) is 15.5. The molecule has 0 aromatic heterocycles. The van der Waals surface area contributed by atoms with Gasteiger partial charge < -0.3 is 25.0 Å². The van der Waals surface area contributed by atoms with Gasteiger partial charge in [-0.3, -0.25) is 4.79 Å². The van der Waals surface area contributed by atoms with Crippen LogP contribution in [0.4, 0.5) is 5.69 Å². The third-order valence-electron chi connectivity index (χ3n) is 5.14. The first-order chi connectivity index (χ1) is 14.6. The fourth-order valence-corrected chi connectivity index (χ4v) is 3.94. The van der Waals surface area contributed by atoms with Gasteiger partial charge in [0.25, 0.3) is 5.91 Å². The largest absolute Gasteiger partial charge is 0.465 e. The zero-order valence-electron chi connectivity index (χ0n) is 17.0. The first kappa shape index (κ1) is 22.4. The summed E-state index contributed by atoms with van der Waals surface area (Å²) in [5, 5.41) is 5.00. The molecule has 30 heavy (non-hydrogen) atoms. The third-order valence-corrected chi connectivity index (χ3v) is 5.63. The summed E-state index contributed by atoms with van der Waals surface area (Å²) in [5.41, 5.74) is 2.70. The molecule has 8 heteroatoms. The predicted octanol–water partition coefficient (Wildman–Crippen LogP) is 0.129. The number of nitrogens with one attached hydrogen (secondary N) is 2. The normalized spacial score (nSPS) is 15.4. The molecule has 1 fully saturated rings. The highest BCUT2D eigenvalue weighted by atomic mass is 79.9. The average molecular weight is 478 g/mol. The molecule has 2 aromatic rings. The molecule has 1 atom stereocenters. The number of quaternary nitrogens is 2. The summed E-state index contributed by atoms with van der Waals surface area (Å²) < 4.78 is 11.1. The van der Waals surface area contributed by atoms with Crippen molar-refractivity contribution in [3.63, 3.8) is 0 Å². The summed E-state index contributed by atoms with van der Waals surface area (Å²) in [6.07, 6.45) is 0. The van der Waals surface area contributed by atoms with Crippen LogP contribution in [-0.2, 0) is 19.1 Å². The molecule has 1 saturated heterocycles. The van der Waals surface area contributed by atoms with Crippen LogP contribution in [0.1, 0.15) is 17.2 Å². The van der Waals surface area contributed by atoms with Gasteiger partial charge in [0.1, 0.15) is 19.1 Å². The molecule has 0 radical (unpaired) electrons. The van der Waals surface area contributed by atoms with Crippen molar-refractivity contribution >= 4 is 33.5 Å². The number of hydrogen-bond donors (Lipinski definition) is 3. The second-order valence-corrected chi connectivity index (χ2v) is 8.14. The van der Waals surface area contributed by atoms with Gasteiger partial charge in [0.15, 0.2) is 13.1 Å². The van der Waals surface area contributed by atoms with Gasteiger partial charge in [-0.2, -0.15) is 0 Å². The molecular formula is C22H28BrN3O4+2. The molecule has 0 bridgehead atoms. The minimum absolute atomic E-state index is 0.0322. The number of morpholine rings is 1. The molecular weight excluding hydrogens is 450 g/mol. The van der Waals surface area contributed by atoms with Crippen molar-refractivity contribution in [3.8, 4) is 0 Å². The SMILES string of the molecule is COC(=O)C[NH2+]C(c1ccccc1)c1cc(Br)ccc1NC(=O)C[NH+]1CCOCC1. The van der Waals surface area contributed by atoms with Crippen LogP contribution in [0.15, 0.2) is 53.0 Å². The molecule has 4 N–H and O–H groups in total. The minimum atomic E-state index is -0.299. The molecule has 1 unspecified atom stereocenters. The Bertz CT molecular complexity index is 857. The van der Waals surface area contributed by atoms with E-state index in [9.17, 15) is 9.59 Å². The Hall–Kier alpha value is -2.26. The standard InChI is InChI=1S/C22H26BrN3O4/c1-29-21(28)14-24-22(16-5-3-2-4-6-16)18-13-17(23)7-8-19(18)25-20(27)15-26-9-11-30-12-10-26/h2-8,13,22,24H,9-12,14-15H2,1H3,(H,25,27)/p+2. The van der Waals surface area contributed by atoms with E-state index in [-0.39, 0.29) is 24.5 Å². The highest BCUT2D eigenvalue weighted by molar-refractivity contribution is 9.10. The molecule has 2 aromatic carbocycles. The summed E-state index contributed by atoms with van der Waals surface area (Å²) in [4.78, 5) is 25.7. The number of methoxy groups -OCH3 is 1. The van der Waals surface area contributed by atoms with Gasteiger partial charge in [0.2, 0.25) is 0 Å². The molecule has 0 aliphatic carbocycles. The fourth-order valence-electron chi connectivity index (χ4n) is 3.56. The topological polar surface area (TPSA) is 85.7 Å². The second-order valence-electron chi connectivity index (χ2n) is 7.22. The quantitative estimate of drug-likeness (QED) is 0.471. The number of ether oxygens (including phenoxy) is 2. The molecule has 1 aliphatic heterocycles. The molecule has 1 amide bonds. The van der Waals surface area contributed by atoms with Crippen LogP contribution < -0.4 is 15.5 Å². The number of rotatable bonds is 8. The number of carbonyl (C=O) groups is 2. The van der Waals surface area contributed by atoms with Gasteiger partial charge in [0.05, 0.1) is 26.0 Å². The van der Waals surface area contributed by atoms with Crippen molar-refractivity contribution in [2.45, 2.75) is 6.04 Å². The molecule has 3 rings (SSSR count). The number of nitrogens with two attached hydrogens (primary N) is 1. The highest BCUT2D eigenvalue weighted by Crippen LogP contribution is 2.29. The van der Waals surface area contributed by atoms with Crippen LogP contribution in [-0.4, -0.2) is 58.4 Å². The van der Waals surface area contributed by atoms with Gasteiger partial charge in [-0.05, 0) is 18.2 Å². The van der Waals surface area contributed by atoms with Crippen molar-refractivity contribution in [1.29, 1.82) is 0 Å². The lowest BCUT2D eigenvalue weighted by Crippen LogP contribution is -3.15. The van der Waals surface area contributed by atoms with Gasteiger partial charge in [0, 0.05) is 15.6 Å². The van der Waals surface area contributed by atoms with Crippen molar-refractivity contribution in [1.82, 2.24) is 0 Å². The fraction of sp³-hybridized carbons (Fsp3) is 0.364. The Kier molecular flexibility index (Phi) is 8.39. The van der Waals surface area contributed by atoms with Crippen LogP contribution in [0.25, 0.3) is 0 Å². The van der Waals surface area contributed by atoms with E-state index in [2.05, 4.69) is 21.2 Å². The lowest BCUT2D eigenvalue weighted by molar-refractivity contribution is -0.899. The monoisotopic (exact) mass is 477 g/mol. The van der Waals surface area contributed by atoms with E-state index in [1.807, 2.05) is 53.8 Å². The Labute approximate surface area is 184 Å².